The maximum absolute atomic E-state index is 5.45. The van der Waals surface area contributed by atoms with Crippen molar-refractivity contribution in [1.29, 1.82) is 0 Å². The summed E-state index contributed by atoms with van der Waals surface area (Å²) in [4.78, 5) is 7.30. The molecule has 0 spiro atoms. The van der Waals surface area contributed by atoms with Gasteiger partial charge in [0.2, 0.25) is 0 Å². The molecule has 0 saturated carbocycles. The first kappa shape index (κ1) is 20.1. The van der Waals surface area contributed by atoms with Gasteiger partial charge in [-0.1, -0.05) is 29.8 Å². The van der Waals surface area contributed by atoms with Crippen molar-refractivity contribution in [1.82, 2.24) is 19.9 Å². The Morgan fingerprint density at radius 3 is 2.41 bits per heavy atom. The lowest BCUT2D eigenvalue weighted by atomic mass is 9.98. The number of nitrogens with zero attached hydrogens (tertiary/aromatic N) is 4. The van der Waals surface area contributed by atoms with Gasteiger partial charge < -0.3 is 9.42 Å². The van der Waals surface area contributed by atoms with Crippen molar-refractivity contribution in [3.63, 3.8) is 0 Å². The molecule has 1 aromatic carbocycles. The minimum Gasteiger partial charge on any atom is -0.360 e. The SMILES string of the molecule is CCc1cc(CN(C)Cc2cc(C)cc(CN3CCN(C)CC3)c2C)on1. The first-order valence-corrected chi connectivity index (χ1v) is 10.1. The summed E-state index contributed by atoms with van der Waals surface area (Å²) >= 11 is 0. The Hall–Kier alpha value is -1.69. The number of aromatic nitrogens is 1. The zero-order valence-electron chi connectivity index (χ0n) is 17.6. The summed E-state index contributed by atoms with van der Waals surface area (Å²) in [6, 6.07) is 6.76. The summed E-state index contributed by atoms with van der Waals surface area (Å²) in [7, 11) is 4.36. The van der Waals surface area contributed by atoms with Crippen LogP contribution in [0.5, 0.6) is 0 Å². The highest BCUT2D eigenvalue weighted by molar-refractivity contribution is 5.38. The van der Waals surface area contributed by atoms with Gasteiger partial charge in [-0.3, -0.25) is 9.80 Å². The van der Waals surface area contributed by atoms with Crippen molar-refractivity contribution >= 4 is 0 Å². The summed E-state index contributed by atoms with van der Waals surface area (Å²) in [5.41, 5.74) is 6.69. The minimum absolute atomic E-state index is 0.786. The van der Waals surface area contributed by atoms with E-state index < -0.39 is 0 Å². The van der Waals surface area contributed by atoms with Crippen molar-refractivity contribution in [2.75, 3.05) is 40.3 Å². The molecule has 0 amide bonds. The highest BCUT2D eigenvalue weighted by Crippen LogP contribution is 2.21. The number of benzene rings is 1. The number of likely N-dealkylation sites (N-methyl/N-ethyl adjacent to an activating group) is 1. The van der Waals surface area contributed by atoms with Crippen LogP contribution in [-0.2, 0) is 26.1 Å². The van der Waals surface area contributed by atoms with E-state index in [0.29, 0.717) is 0 Å². The van der Waals surface area contributed by atoms with Crippen LogP contribution in [0.4, 0.5) is 0 Å². The molecule has 5 heteroatoms. The Labute approximate surface area is 163 Å². The molecule has 3 rings (SSSR count). The third-order valence-electron chi connectivity index (χ3n) is 5.59. The first-order chi connectivity index (χ1) is 12.9. The van der Waals surface area contributed by atoms with Crippen LogP contribution >= 0.6 is 0 Å². The summed E-state index contributed by atoms with van der Waals surface area (Å²) in [6.45, 7) is 14.0. The van der Waals surface area contributed by atoms with E-state index in [0.717, 1.165) is 63.7 Å². The zero-order valence-corrected chi connectivity index (χ0v) is 17.6. The van der Waals surface area contributed by atoms with Gasteiger partial charge in [0.1, 0.15) is 0 Å². The van der Waals surface area contributed by atoms with Gasteiger partial charge in [0.25, 0.3) is 0 Å². The number of hydrogen-bond acceptors (Lipinski definition) is 5. The fourth-order valence-corrected chi connectivity index (χ4v) is 3.80. The molecule has 0 unspecified atom stereocenters. The predicted octanol–water partition coefficient (Wildman–Crippen LogP) is 3.23. The Morgan fingerprint density at radius 1 is 1.04 bits per heavy atom. The standard InChI is InChI=1S/C22H34N4O/c1-6-21-13-22(27-23-21)16-25(5)14-19-11-17(2)12-20(18(19)3)15-26-9-7-24(4)8-10-26/h11-13H,6-10,14-16H2,1-5H3. The van der Waals surface area contributed by atoms with Gasteiger partial charge in [0.15, 0.2) is 5.76 Å². The van der Waals surface area contributed by atoms with E-state index in [1.165, 1.54) is 22.3 Å². The average molecular weight is 371 g/mol. The molecular weight excluding hydrogens is 336 g/mol. The lowest BCUT2D eigenvalue weighted by Gasteiger charge is -2.33. The maximum Gasteiger partial charge on any atom is 0.150 e. The van der Waals surface area contributed by atoms with E-state index in [9.17, 15) is 0 Å². The molecule has 0 bridgehead atoms. The second-order valence-corrected chi connectivity index (χ2v) is 8.10. The van der Waals surface area contributed by atoms with Gasteiger partial charge in [0, 0.05) is 45.3 Å². The molecule has 0 aliphatic carbocycles. The van der Waals surface area contributed by atoms with E-state index in [2.05, 4.69) is 72.9 Å². The molecule has 0 radical (unpaired) electrons. The van der Waals surface area contributed by atoms with Gasteiger partial charge in [-0.2, -0.15) is 0 Å². The van der Waals surface area contributed by atoms with Gasteiger partial charge in [-0.25, -0.2) is 0 Å². The van der Waals surface area contributed by atoms with Crippen LogP contribution in [0.3, 0.4) is 0 Å². The van der Waals surface area contributed by atoms with E-state index in [-0.39, 0.29) is 0 Å². The molecule has 2 aromatic rings. The van der Waals surface area contributed by atoms with E-state index in [1.54, 1.807) is 0 Å². The number of piperazine rings is 1. The summed E-state index contributed by atoms with van der Waals surface area (Å²) in [5, 5.41) is 4.10. The first-order valence-electron chi connectivity index (χ1n) is 10.1. The van der Waals surface area contributed by atoms with Gasteiger partial charge in [-0.05, 0) is 51.1 Å². The lowest BCUT2D eigenvalue weighted by Crippen LogP contribution is -2.44. The third-order valence-corrected chi connectivity index (χ3v) is 5.59. The largest absolute Gasteiger partial charge is 0.360 e. The Morgan fingerprint density at radius 2 is 1.74 bits per heavy atom. The van der Waals surface area contributed by atoms with Crippen molar-refractivity contribution in [2.45, 2.75) is 46.8 Å². The second kappa shape index (κ2) is 9.00. The Bertz CT molecular complexity index is 747. The molecule has 0 atom stereocenters. The van der Waals surface area contributed by atoms with Crippen LogP contribution in [0.2, 0.25) is 0 Å². The summed E-state index contributed by atoms with van der Waals surface area (Å²) in [6.07, 6.45) is 0.917. The van der Waals surface area contributed by atoms with Crippen LogP contribution in [-0.4, -0.2) is 60.1 Å². The highest BCUT2D eigenvalue weighted by Gasteiger charge is 2.16. The molecule has 5 nitrogen and oxygen atoms in total. The predicted molar refractivity (Wildman–Crippen MR) is 110 cm³/mol. The molecule has 1 aromatic heterocycles. The minimum atomic E-state index is 0.786. The summed E-state index contributed by atoms with van der Waals surface area (Å²) in [5.74, 6) is 0.942. The maximum atomic E-state index is 5.45. The van der Waals surface area contributed by atoms with Crippen LogP contribution in [0.1, 0.15) is 40.6 Å². The Kier molecular flexibility index (Phi) is 6.68. The second-order valence-electron chi connectivity index (χ2n) is 8.10. The fourth-order valence-electron chi connectivity index (χ4n) is 3.80. The Balaban J connectivity index is 1.66. The number of aryl methyl sites for hydroxylation is 2. The average Bonchev–Trinajstić information content (AvgIpc) is 3.08. The van der Waals surface area contributed by atoms with Crippen LogP contribution in [0.15, 0.2) is 22.7 Å². The fraction of sp³-hybridized carbons (Fsp3) is 0.591. The molecule has 1 aliphatic rings. The van der Waals surface area contributed by atoms with Crippen molar-refractivity contribution in [3.8, 4) is 0 Å². The van der Waals surface area contributed by atoms with Gasteiger partial charge in [0.05, 0.1) is 12.2 Å². The quantitative estimate of drug-likeness (QED) is 0.748. The molecule has 27 heavy (non-hydrogen) atoms. The van der Waals surface area contributed by atoms with Crippen LogP contribution < -0.4 is 0 Å². The number of hydrogen-bond donors (Lipinski definition) is 0. The van der Waals surface area contributed by atoms with E-state index >= 15 is 0 Å². The van der Waals surface area contributed by atoms with E-state index in [1.807, 2.05) is 0 Å². The molecule has 2 heterocycles. The molecule has 148 valence electrons. The third kappa shape index (κ3) is 5.41. The molecular formula is C22H34N4O. The van der Waals surface area contributed by atoms with E-state index in [4.69, 9.17) is 4.52 Å². The van der Waals surface area contributed by atoms with Crippen molar-refractivity contribution < 1.29 is 4.52 Å². The summed E-state index contributed by atoms with van der Waals surface area (Å²) < 4.78 is 5.45. The highest BCUT2D eigenvalue weighted by atomic mass is 16.5. The van der Waals surface area contributed by atoms with Crippen LogP contribution in [0.25, 0.3) is 0 Å². The smallest absolute Gasteiger partial charge is 0.150 e. The number of rotatable bonds is 7. The van der Waals surface area contributed by atoms with Gasteiger partial charge in [-0.15, -0.1) is 0 Å². The zero-order chi connectivity index (χ0) is 19.4. The molecule has 1 fully saturated rings. The normalized spacial score (nSPS) is 16.4. The molecule has 0 N–H and O–H groups in total. The lowest BCUT2D eigenvalue weighted by molar-refractivity contribution is 0.148. The van der Waals surface area contributed by atoms with Crippen molar-refractivity contribution in [2.24, 2.45) is 0 Å². The van der Waals surface area contributed by atoms with Gasteiger partial charge >= 0.3 is 0 Å². The van der Waals surface area contributed by atoms with Crippen LogP contribution in [0, 0.1) is 13.8 Å². The topological polar surface area (TPSA) is 35.8 Å². The molecule has 1 aliphatic heterocycles. The monoisotopic (exact) mass is 370 g/mol. The molecule has 1 saturated heterocycles. The van der Waals surface area contributed by atoms with Crippen molar-refractivity contribution in [3.05, 3.63) is 51.9 Å².